The van der Waals surface area contributed by atoms with Crippen LogP contribution in [0.3, 0.4) is 0 Å². The van der Waals surface area contributed by atoms with Gasteiger partial charge in [-0.3, -0.25) is 9.69 Å². The molecule has 0 spiro atoms. The van der Waals surface area contributed by atoms with E-state index < -0.39 is 0 Å². The topological polar surface area (TPSA) is 46.8 Å². The van der Waals surface area contributed by atoms with E-state index in [1.54, 1.807) is 31.2 Å². The summed E-state index contributed by atoms with van der Waals surface area (Å²) in [4.78, 5) is 19.8. The van der Waals surface area contributed by atoms with E-state index in [0.717, 1.165) is 32.4 Å². The van der Waals surface area contributed by atoms with Crippen LogP contribution in [0.15, 0.2) is 87.3 Å². The molecule has 2 heterocycles. The van der Waals surface area contributed by atoms with Crippen molar-refractivity contribution in [2.24, 2.45) is 4.99 Å². The normalized spacial score (nSPS) is 16.1. The predicted octanol–water partition coefficient (Wildman–Crippen LogP) is 6.83. The van der Waals surface area contributed by atoms with Crippen molar-refractivity contribution >= 4 is 61.4 Å². The minimum Gasteiger partial charge on any atom is -0.497 e. The number of fused-ring (bicyclic) bond motifs is 1. The van der Waals surface area contributed by atoms with Gasteiger partial charge < -0.3 is 9.30 Å². The molecule has 1 aliphatic rings. The molecule has 5 rings (SSSR count). The lowest BCUT2D eigenvalue weighted by Gasteiger charge is -2.07. The number of likely N-dealkylation sites (N-methyl/N-ethyl adjacent to an activating group) is 1. The molecule has 1 amide bonds. The number of ether oxygens (including phenoxy) is 1. The summed E-state index contributed by atoms with van der Waals surface area (Å²) in [6, 6.07) is 20.1. The first-order valence-electron chi connectivity index (χ1n) is 10.8. The van der Waals surface area contributed by atoms with Crippen LogP contribution < -0.4 is 4.74 Å². The number of amides is 1. The molecule has 0 aliphatic carbocycles. The molecule has 35 heavy (non-hydrogen) atoms. The zero-order valence-electron chi connectivity index (χ0n) is 19.0. The lowest BCUT2D eigenvalue weighted by atomic mass is 10.1. The zero-order chi connectivity index (χ0) is 24.5. The van der Waals surface area contributed by atoms with E-state index in [0.29, 0.717) is 22.2 Å². The molecule has 176 valence electrons. The maximum absolute atomic E-state index is 14.3. The van der Waals surface area contributed by atoms with Crippen molar-refractivity contribution in [2.45, 2.75) is 6.54 Å². The lowest BCUT2D eigenvalue weighted by molar-refractivity contribution is -0.121. The van der Waals surface area contributed by atoms with Crippen LogP contribution in [0.5, 0.6) is 5.75 Å². The van der Waals surface area contributed by atoms with Gasteiger partial charge in [0.2, 0.25) is 0 Å². The van der Waals surface area contributed by atoms with E-state index in [2.05, 4.69) is 20.9 Å². The molecular weight excluding hydrogens is 529 g/mol. The van der Waals surface area contributed by atoms with Crippen molar-refractivity contribution in [1.82, 2.24) is 9.47 Å². The van der Waals surface area contributed by atoms with Crippen molar-refractivity contribution in [2.75, 3.05) is 14.2 Å². The van der Waals surface area contributed by atoms with Crippen molar-refractivity contribution in [3.05, 3.63) is 99.2 Å². The number of thioether (sulfide) groups is 1. The quantitative estimate of drug-likeness (QED) is 0.256. The summed E-state index contributed by atoms with van der Waals surface area (Å²) in [5, 5.41) is 1.57. The van der Waals surface area contributed by atoms with Crippen LogP contribution >= 0.6 is 27.7 Å². The van der Waals surface area contributed by atoms with E-state index in [1.807, 2.05) is 65.4 Å². The maximum Gasteiger partial charge on any atom is 0.266 e. The first-order valence-corrected chi connectivity index (χ1v) is 12.5. The van der Waals surface area contributed by atoms with Gasteiger partial charge in [0.15, 0.2) is 5.17 Å². The fourth-order valence-corrected chi connectivity index (χ4v) is 5.25. The van der Waals surface area contributed by atoms with Gasteiger partial charge in [-0.25, -0.2) is 9.38 Å². The summed E-state index contributed by atoms with van der Waals surface area (Å²) in [5.41, 5.74) is 3.18. The third kappa shape index (κ3) is 4.76. The Balaban J connectivity index is 1.51. The van der Waals surface area contributed by atoms with Gasteiger partial charge in [-0.1, -0.05) is 34.1 Å². The lowest BCUT2D eigenvalue weighted by Crippen LogP contribution is -2.23. The molecule has 0 N–H and O–H groups in total. The number of aliphatic imine (C=N–C) groups is 1. The summed E-state index contributed by atoms with van der Waals surface area (Å²) in [6.07, 6.45) is 3.84. The van der Waals surface area contributed by atoms with Gasteiger partial charge >= 0.3 is 0 Å². The van der Waals surface area contributed by atoms with Crippen LogP contribution in [-0.4, -0.2) is 34.7 Å². The van der Waals surface area contributed by atoms with Crippen LogP contribution in [0, 0.1) is 5.82 Å². The van der Waals surface area contributed by atoms with E-state index in [1.165, 1.54) is 17.8 Å². The van der Waals surface area contributed by atoms with E-state index in [4.69, 9.17) is 4.74 Å². The van der Waals surface area contributed by atoms with Crippen molar-refractivity contribution in [3.63, 3.8) is 0 Å². The largest absolute Gasteiger partial charge is 0.497 e. The fraction of sp³-hybridized carbons (Fsp3) is 0.111. The molecule has 4 aromatic rings. The summed E-state index contributed by atoms with van der Waals surface area (Å²) in [7, 11) is 3.33. The number of carbonyl (C=O) groups is 1. The van der Waals surface area contributed by atoms with Crippen LogP contribution in [-0.2, 0) is 11.3 Å². The zero-order valence-corrected chi connectivity index (χ0v) is 21.4. The Morgan fingerprint density at radius 2 is 1.89 bits per heavy atom. The third-order valence-electron chi connectivity index (χ3n) is 5.76. The highest BCUT2D eigenvalue weighted by Crippen LogP contribution is 2.36. The molecule has 0 saturated carbocycles. The predicted molar refractivity (Wildman–Crippen MR) is 144 cm³/mol. The molecule has 1 aliphatic heterocycles. The number of halogens is 2. The van der Waals surface area contributed by atoms with Gasteiger partial charge in [0.1, 0.15) is 11.6 Å². The first kappa shape index (κ1) is 23.4. The van der Waals surface area contributed by atoms with Crippen molar-refractivity contribution < 1.29 is 13.9 Å². The summed E-state index contributed by atoms with van der Waals surface area (Å²) >= 11 is 4.88. The second-order valence-corrected chi connectivity index (χ2v) is 9.96. The van der Waals surface area contributed by atoms with Crippen LogP contribution in [0.25, 0.3) is 17.0 Å². The summed E-state index contributed by atoms with van der Waals surface area (Å²) < 4.78 is 22.5. The van der Waals surface area contributed by atoms with Gasteiger partial charge in [0, 0.05) is 39.7 Å². The third-order valence-corrected chi connectivity index (χ3v) is 7.31. The molecular formula is C27H21BrFN3O2S. The highest BCUT2D eigenvalue weighted by atomic mass is 79.9. The molecule has 0 radical (unpaired) electrons. The molecule has 1 aromatic heterocycles. The van der Waals surface area contributed by atoms with Gasteiger partial charge in [-0.2, -0.15) is 0 Å². The van der Waals surface area contributed by atoms with Crippen LogP contribution in [0.1, 0.15) is 11.1 Å². The number of methoxy groups -OCH3 is 1. The molecule has 0 bridgehead atoms. The summed E-state index contributed by atoms with van der Waals surface area (Å²) in [6.45, 7) is 0.388. The Morgan fingerprint density at radius 3 is 2.63 bits per heavy atom. The molecule has 5 nitrogen and oxygen atoms in total. The average molecular weight is 550 g/mol. The molecule has 8 heteroatoms. The highest BCUT2D eigenvalue weighted by Gasteiger charge is 2.30. The minimum atomic E-state index is -0.242. The molecule has 3 aromatic carbocycles. The molecule has 0 atom stereocenters. The molecule has 1 fully saturated rings. The number of nitrogens with zero attached hydrogens (tertiary/aromatic N) is 3. The Bertz CT molecular complexity index is 1490. The Kier molecular flexibility index (Phi) is 6.49. The minimum absolute atomic E-state index is 0.118. The van der Waals surface area contributed by atoms with Gasteiger partial charge in [-0.05, 0) is 66.4 Å². The van der Waals surface area contributed by atoms with Crippen molar-refractivity contribution in [3.8, 4) is 5.75 Å². The maximum atomic E-state index is 14.3. The monoisotopic (exact) mass is 549 g/mol. The average Bonchev–Trinajstić information content (AvgIpc) is 3.32. The Hall–Kier alpha value is -3.36. The number of aromatic nitrogens is 1. The highest BCUT2D eigenvalue weighted by molar-refractivity contribution is 9.10. The standard InChI is InChI=1S/C27H21BrFN3O2S/c1-31-26(33)25(35-27(31)30-20-8-10-21(34-2)11-9-20)13-18-16-32(15-17-5-3-4-6-23(17)29)24-12-7-19(28)14-22(18)24/h3-14,16H,15H2,1-2H3. The van der Waals surface area contributed by atoms with Gasteiger partial charge in [0.05, 0.1) is 24.2 Å². The number of carbonyl (C=O) groups excluding carboxylic acids is 1. The van der Waals surface area contributed by atoms with E-state index >= 15 is 0 Å². The number of rotatable bonds is 5. The van der Waals surface area contributed by atoms with Gasteiger partial charge in [0.25, 0.3) is 5.91 Å². The number of benzene rings is 3. The molecule has 1 saturated heterocycles. The molecule has 0 unspecified atom stereocenters. The Labute approximate surface area is 215 Å². The number of hydrogen-bond acceptors (Lipinski definition) is 4. The Morgan fingerprint density at radius 1 is 1.11 bits per heavy atom. The smallest absolute Gasteiger partial charge is 0.266 e. The SMILES string of the molecule is COc1ccc(N=C2SC(=Cc3cn(Cc4ccccc4F)c4ccc(Br)cc34)C(=O)N2C)cc1. The second kappa shape index (κ2) is 9.71. The van der Waals surface area contributed by atoms with Crippen molar-refractivity contribution in [1.29, 1.82) is 0 Å². The van der Waals surface area contributed by atoms with Gasteiger partial charge in [-0.15, -0.1) is 0 Å². The number of hydrogen-bond donors (Lipinski definition) is 0. The van der Waals surface area contributed by atoms with E-state index in [9.17, 15) is 9.18 Å². The second-order valence-electron chi connectivity index (χ2n) is 8.03. The van der Waals surface area contributed by atoms with Crippen LogP contribution in [0.4, 0.5) is 10.1 Å². The first-order chi connectivity index (χ1) is 16.9. The fourth-order valence-electron chi connectivity index (χ4n) is 3.91. The van der Waals surface area contributed by atoms with E-state index in [-0.39, 0.29) is 11.7 Å². The van der Waals surface area contributed by atoms with Crippen LogP contribution in [0.2, 0.25) is 0 Å². The summed E-state index contributed by atoms with van der Waals surface area (Å²) in [5.74, 6) is 0.386. The number of amidine groups is 1.